The Labute approximate surface area is 210 Å². The first-order chi connectivity index (χ1) is 17.2. The number of hydrogen-bond donors (Lipinski definition) is 0. The van der Waals surface area contributed by atoms with Gasteiger partial charge in [0.1, 0.15) is 11.8 Å². The summed E-state index contributed by atoms with van der Waals surface area (Å²) in [6.07, 6.45) is 1.34. The second kappa shape index (κ2) is 10.3. The van der Waals surface area contributed by atoms with Gasteiger partial charge in [-0.15, -0.1) is 0 Å². The summed E-state index contributed by atoms with van der Waals surface area (Å²) in [5, 5.41) is 11.5. The monoisotopic (exact) mass is 507 g/mol. The normalized spacial score (nSPS) is 15.5. The fraction of sp³-hybridized carbons (Fsp3) is 0.269. The molecule has 0 fully saturated rings. The minimum atomic E-state index is -0.844. The molecule has 9 nitrogen and oxygen atoms in total. The highest BCUT2D eigenvalue weighted by molar-refractivity contribution is 7.07. The number of para-hydroxylation sites is 2. The van der Waals surface area contributed by atoms with Crippen LogP contribution >= 0.6 is 11.3 Å². The molecule has 0 aliphatic carbocycles. The first kappa shape index (κ1) is 25.1. The van der Waals surface area contributed by atoms with Crippen LogP contribution in [0.3, 0.4) is 0 Å². The maximum atomic E-state index is 13.7. The van der Waals surface area contributed by atoms with E-state index in [4.69, 9.17) is 9.47 Å². The Morgan fingerprint density at radius 3 is 2.61 bits per heavy atom. The van der Waals surface area contributed by atoms with Gasteiger partial charge in [-0.2, -0.15) is 0 Å². The smallest absolute Gasteiger partial charge is 0.338 e. The highest BCUT2D eigenvalue weighted by Gasteiger charge is 2.35. The molecule has 0 saturated carbocycles. The summed E-state index contributed by atoms with van der Waals surface area (Å²) in [6.45, 7) is 7.35. The zero-order valence-corrected chi connectivity index (χ0v) is 21.1. The number of carbonyl (C=O) groups is 1. The Morgan fingerprint density at radius 2 is 1.92 bits per heavy atom. The standard InChI is InChI=1S/C26H25N3O6S/c1-5-34-25(31)22-16(4)27-26-28(23(22)18-11-7-9-13-20(18)35-15(2)3)24(30)21(36-26)14-17-10-6-8-12-19(17)29(32)33/h6-15,23H,5H2,1-4H3/b21-14+/t23-/m0/s1. The molecule has 4 rings (SSSR count). The van der Waals surface area contributed by atoms with Crippen molar-refractivity contribution in [3.63, 3.8) is 0 Å². The molecule has 36 heavy (non-hydrogen) atoms. The van der Waals surface area contributed by atoms with Crippen LogP contribution in [-0.2, 0) is 9.53 Å². The van der Waals surface area contributed by atoms with Gasteiger partial charge in [0.15, 0.2) is 4.80 Å². The molecule has 1 atom stereocenters. The molecule has 186 valence electrons. The van der Waals surface area contributed by atoms with Crippen molar-refractivity contribution < 1.29 is 19.2 Å². The summed E-state index contributed by atoms with van der Waals surface area (Å²) in [7, 11) is 0. The fourth-order valence-corrected chi connectivity index (χ4v) is 5.11. The molecule has 0 unspecified atom stereocenters. The van der Waals surface area contributed by atoms with Crippen LogP contribution < -0.4 is 19.6 Å². The number of fused-ring (bicyclic) bond motifs is 1. The van der Waals surface area contributed by atoms with Crippen molar-refractivity contribution in [2.24, 2.45) is 4.99 Å². The predicted octanol–water partition coefficient (Wildman–Crippen LogP) is 3.49. The van der Waals surface area contributed by atoms with Crippen molar-refractivity contribution in [2.75, 3.05) is 6.61 Å². The Bertz CT molecular complexity index is 1550. The average molecular weight is 508 g/mol. The number of nitro benzene ring substituents is 1. The van der Waals surface area contributed by atoms with Crippen LogP contribution in [0, 0.1) is 10.1 Å². The van der Waals surface area contributed by atoms with E-state index in [9.17, 15) is 19.7 Å². The van der Waals surface area contributed by atoms with E-state index in [2.05, 4.69) is 4.99 Å². The number of thiazole rings is 1. The third-order valence-corrected chi connectivity index (χ3v) is 6.50. The molecule has 0 radical (unpaired) electrons. The minimum absolute atomic E-state index is 0.112. The van der Waals surface area contributed by atoms with Gasteiger partial charge in [-0.05, 0) is 45.9 Å². The molecule has 0 N–H and O–H groups in total. The molecule has 0 amide bonds. The van der Waals surface area contributed by atoms with Crippen LogP contribution in [0.2, 0.25) is 0 Å². The van der Waals surface area contributed by atoms with Gasteiger partial charge in [0.2, 0.25) is 0 Å². The lowest BCUT2D eigenvalue weighted by atomic mass is 9.95. The lowest BCUT2D eigenvalue weighted by molar-refractivity contribution is -0.385. The van der Waals surface area contributed by atoms with Gasteiger partial charge in [0, 0.05) is 11.6 Å². The molecular weight excluding hydrogens is 482 g/mol. The SMILES string of the molecule is CCOC(=O)C1=C(C)N=c2s/c(=C/c3ccccc3[N+](=O)[O-])c(=O)n2[C@H]1c1ccccc1OC(C)C. The number of nitrogens with zero attached hydrogens (tertiary/aromatic N) is 3. The Hall–Kier alpha value is -4.05. The third kappa shape index (κ3) is 4.72. The quantitative estimate of drug-likeness (QED) is 0.275. The molecule has 1 aromatic heterocycles. The van der Waals surface area contributed by atoms with Crippen molar-refractivity contribution in [1.82, 2.24) is 4.57 Å². The van der Waals surface area contributed by atoms with Crippen molar-refractivity contribution >= 4 is 29.1 Å². The van der Waals surface area contributed by atoms with Crippen LogP contribution in [0.15, 0.2) is 69.6 Å². The van der Waals surface area contributed by atoms with Crippen molar-refractivity contribution in [2.45, 2.75) is 39.8 Å². The van der Waals surface area contributed by atoms with Crippen molar-refractivity contribution in [3.8, 4) is 5.75 Å². The number of benzene rings is 2. The number of aromatic nitrogens is 1. The zero-order chi connectivity index (χ0) is 26.0. The molecule has 0 bridgehead atoms. The molecule has 0 saturated heterocycles. The lowest BCUT2D eigenvalue weighted by Gasteiger charge is -2.26. The fourth-order valence-electron chi connectivity index (χ4n) is 4.07. The third-order valence-electron chi connectivity index (χ3n) is 5.51. The van der Waals surface area contributed by atoms with E-state index < -0.39 is 22.5 Å². The largest absolute Gasteiger partial charge is 0.491 e. The van der Waals surface area contributed by atoms with Crippen LogP contribution in [-0.4, -0.2) is 28.2 Å². The number of nitro groups is 1. The summed E-state index contributed by atoms with van der Waals surface area (Å²) < 4.78 is 13.0. The van der Waals surface area contributed by atoms with Gasteiger partial charge in [-0.1, -0.05) is 41.7 Å². The maximum Gasteiger partial charge on any atom is 0.338 e. The topological polar surface area (TPSA) is 113 Å². The van der Waals surface area contributed by atoms with Gasteiger partial charge < -0.3 is 9.47 Å². The van der Waals surface area contributed by atoms with Crippen LogP contribution in [0.1, 0.15) is 44.9 Å². The minimum Gasteiger partial charge on any atom is -0.491 e. The van der Waals surface area contributed by atoms with E-state index >= 15 is 0 Å². The first-order valence-electron chi connectivity index (χ1n) is 11.4. The van der Waals surface area contributed by atoms with E-state index in [0.717, 1.165) is 11.3 Å². The van der Waals surface area contributed by atoms with Gasteiger partial charge in [-0.3, -0.25) is 19.5 Å². The van der Waals surface area contributed by atoms with Crippen molar-refractivity contribution in [1.29, 1.82) is 0 Å². The highest BCUT2D eigenvalue weighted by Crippen LogP contribution is 2.36. The Morgan fingerprint density at radius 1 is 1.22 bits per heavy atom. The molecule has 2 aromatic carbocycles. The average Bonchev–Trinajstić information content (AvgIpc) is 3.13. The van der Waals surface area contributed by atoms with Gasteiger partial charge in [0.05, 0.1) is 39.0 Å². The predicted molar refractivity (Wildman–Crippen MR) is 136 cm³/mol. The summed E-state index contributed by atoms with van der Waals surface area (Å²) >= 11 is 1.10. The van der Waals surface area contributed by atoms with Gasteiger partial charge in [-0.25, -0.2) is 9.79 Å². The summed E-state index contributed by atoms with van der Waals surface area (Å²) in [4.78, 5) is 42.8. The number of hydrogen-bond acceptors (Lipinski definition) is 8. The van der Waals surface area contributed by atoms with Crippen LogP contribution in [0.25, 0.3) is 6.08 Å². The Kier molecular flexibility index (Phi) is 7.16. The van der Waals surface area contributed by atoms with E-state index in [1.807, 2.05) is 26.0 Å². The molecule has 0 spiro atoms. The molecule has 10 heteroatoms. The summed E-state index contributed by atoms with van der Waals surface area (Å²) in [6, 6.07) is 12.6. The number of esters is 1. The number of ether oxygens (including phenoxy) is 2. The number of rotatable bonds is 7. The van der Waals surface area contributed by atoms with E-state index in [-0.39, 0.29) is 28.5 Å². The van der Waals surface area contributed by atoms with E-state index in [0.29, 0.717) is 27.4 Å². The Balaban J connectivity index is 2.00. The lowest BCUT2D eigenvalue weighted by Crippen LogP contribution is -2.40. The summed E-state index contributed by atoms with van der Waals surface area (Å²) in [5.41, 5.74) is 1.04. The molecule has 3 aromatic rings. The molecular formula is C26H25N3O6S. The zero-order valence-electron chi connectivity index (χ0n) is 20.3. The second-order valence-electron chi connectivity index (χ2n) is 8.32. The van der Waals surface area contributed by atoms with Crippen molar-refractivity contribution in [3.05, 3.63) is 101 Å². The van der Waals surface area contributed by atoms with Crippen LogP contribution in [0.5, 0.6) is 5.75 Å². The highest BCUT2D eigenvalue weighted by atomic mass is 32.1. The van der Waals surface area contributed by atoms with Gasteiger partial charge in [0.25, 0.3) is 11.2 Å². The van der Waals surface area contributed by atoms with Crippen LogP contribution in [0.4, 0.5) is 5.69 Å². The second-order valence-corrected chi connectivity index (χ2v) is 9.33. The summed E-state index contributed by atoms with van der Waals surface area (Å²) in [5.74, 6) is -0.0432. The molecule has 2 heterocycles. The van der Waals surface area contributed by atoms with E-state index in [1.165, 1.54) is 16.7 Å². The first-order valence-corrected chi connectivity index (χ1v) is 12.2. The van der Waals surface area contributed by atoms with Gasteiger partial charge >= 0.3 is 5.97 Å². The van der Waals surface area contributed by atoms with E-state index in [1.54, 1.807) is 44.2 Å². The molecule has 1 aliphatic heterocycles. The number of allylic oxidation sites excluding steroid dienone is 1. The number of carbonyl (C=O) groups excluding carboxylic acids is 1. The maximum absolute atomic E-state index is 13.7. The molecule has 1 aliphatic rings.